The summed E-state index contributed by atoms with van der Waals surface area (Å²) in [4.78, 5) is 1.57. The molecule has 1 N–H and O–H groups in total. The summed E-state index contributed by atoms with van der Waals surface area (Å²) in [5.74, 6) is 0. The molecule has 0 aromatic carbocycles. The smallest absolute Gasteiger partial charge is 0.344 e. The molecule has 8 nitrogen and oxygen atoms in total. The highest BCUT2D eigenvalue weighted by atomic mass is 31.2. The highest BCUT2D eigenvalue weighted by Gasteiger charge is 2.31. The van der Waals surface area contributed by atoms with Crippen LogP contribution in [0.3, 0.4) is 0 Å². The van der Waals surface area contributed by atoms with Crippen molar-refractivity contribution in [2.75, 3.05) is 54.2 Å². The molecule has 0 aliphatic rings. The highest BCUT2D eigenvalue weighted by molar-refractivity contribution is 7.54. The summed E-state index contributed by atoms with van der Waals surface area (Å²) in [7, 11) is -1.43. The predicted molar refractivity (Wildman–Crippen MR) is 71.4 cm³/mol. The molecule has 0 atom stereocenters. The molecule has 0 unspecified atom stereocenters. The minimum atomic E-state index is -3.27. The lowest BCUT2D eigenvalue weighted by Gasteiger charge is -2.27. The summed E-state index contributed by atoms with van der Waals surface area (Å²) in [6.45, 7) is 0.328. The van der Waals surface area contributed by atoms with Crippen molar-refractivity contribution < 1.29 is 32.3 Å². The molecule has 19 heavy (non-hydrogen) atoms. The minimum absolute atomic E-state index is 0.0367. The summed E-state index contributed by atoms with van der Waals surface area (Å²) in [5.41, 5.74) is 0. The van der Waals surface area contributed by atoms with Gasteiger partial charge in [-0.3, -0.25) is 14.0 Å². The Labute approximate surface area is 114 Å². The number of rotatable bonds is 11. The molecular weight excluding hydrogens is 296 g/mol. The van der Waals surface area contributed by atoms with Crippen molar-refractivity contribution in [1.82, 2.24) is 4.90 Å². The Morgan fingerprint density at radius 3 is 1.53 bits per heavy atom. The van der Waals surface area contributed by atoms with Gasteiger partial charge in [0.1, 0.15) is 12.6 Å². The number of aliphatic hydroxyl groups is 1. The Hall–Kier alpha value is 0.220. The zero-order valence-electron chi connectivity index (χ0n) is 11.8. The molecule has 10 heteroatoms. The summed E-state index contributed by atoms with van der Waals surface area (Å²) in [6.07, 6.45) is 0.314. The van der Waals surface area contributed by atoms with Gasteiger partial charge in [-0.05, 0) is 6.42 Å². The zero-order valence-corrected chi connectivity index (χ0v) is 13.6. The number of nitrogens with zero attached hydrogens (tertiary/aromatic N) is 1. The van der Waals surface area contributed by atoms with Gasteiger partial charge in [-0.2, -0.15) is 0 Å². The topological polar surface area (TPSA) is 94.5 Å². The van der Waals surface area contributed by atoms with Crippen molar-refractivity contribution >= 4 is 15.2 Å². The van der Waals surface area contributed by atoms with Gasteiger partial charge in [-0.1, -0.05) is 0 Å². The Morgan fingerprint density at radius 2 is 1.26 bits per heavy atom. The molecule has 0 spiro atoms. The number of hydrogen-bond acceptors (Lipinski definition) is 8. The quantitative estimate of drug-likeness (QED) is 0.573. The molecule has 0 aliphatic carbocycles. The molecule has 116 valence electrons. The summed E-state index contributed by atoms with van der Waals surface area (Å²) in [6, 6.07) is 0. The van der Waals surface area contributed by atoms with Crippen LogP contribution in [0.2, 0.25) is 0 Å². The maximum absolute atomic E-state index is 12.1. The van der Waals surface area contributed by atoms with Gasteiger partial charge in [0.25, 0.3) is 0 Å². The number of aliphatic hydroxyl groups excluding tert-OH is 1. The van der Waals surface area contributed by atoms with E-state index in [1.54, 1.807) is 4.90 Å². The second-order valence-corrected chi connectivity index (χ2v) is 8.18. The van der Waals surface area contributed by atoms with Crippen LogP contribution in [0.15, 0.2) is 0 Å². The Kier molecular flexibility index (Phi) is 9.32. The van der Waals surface area contributed by atoms with Crippen LogP contribution < -0.4 is 0 Å². The molecule has 0 fully saturated rings. The first-order chi connectivity index (χ1) is 8.88. The van der Waals surface area contributed by atoms with Crippen LogP contribution in [-0.2, 0) is 27.2 Å². The second kappa shape index (κ2) is 9.21. The fourth-order valence-electron chi connectivity index (χ4n) is 1.35. The van der Waals surface area contributed by atoms with Crippen LogP contribution in [0.1, 0.15) is 6.42 Å². The molecule has 0 heterocycles. The van der Waals surface area contributed by atoms with Crippen molar-refractivity contribution in [2.24, 2.45) is 0 Å². The molecule has 0 amide bonds. The fourth-order valence-corrected chi connectivity index (χ4v) is 3.73. The second-order valence-electron chi connectivity index (χ2n) is 3.71. The summed E-state index contributed by atoms with van der Waals surface area (Å²) in [5, 5.41) is 8.85. The van der Waals surface area contributed by atoms with Crippen molar-refractivity contribution in [3.63, 3.8) is 0 Å². The first-order valence-corrected chi connectivity index (χ1v) is 9.08. The van der Waals surface area contributed by atoms with Crippen LogP contribution in [0, 0.1) is 0 Å². The van der Waals surface area contributed by atoms with Gasteiger partial charge in [0, 0.05) is 41.6 Å². The molecular formula is C9H23NO7P2. The van der Waals surface area contributed by atoms with E-state index in [1.807, 2.05) is 0 Å². The third-order valence-corrected chi connectivity index (χ3v) is 6.21. The van der Waals surface area contributed by atoms with Crippen LogP contribution >= 0.6 is 15.2 Å². The van der Waals surface area contributed by atoms with E-state index in [1.165, 1.54) is 28.4 Å². The third kappa shape index (κ3) is 6.97. The van der Waals surface area contributed by atoms with Crippen LogP contribution in [0.5, 0.6) is 0 Å². The van der Waals surface area contributed by atoms with E-state index in [0.29, 0.717) is 13.0 Å². The molecule has 0 bridgehead atoms. The molecule has 0 radical (unpaired) electrons. The lowest BCUT2D eigenvalue weighted by molar-refractivity contribution is 0.208. The van der Waals surface area contributed by atoms with Gasteiger partial charge >= 0.3 is 15.2 Å². The Balaban J connectivity index is 4.81. The molecule has 0 aromatic rings. The lowest BCUT2D eigenvalue weighted by Crippen LogP contribution is -2.29. The van der Waals surface area contributed by atoms with E-state index < -0.39 is 15.2 Å². The molecule has 0 saturated carbocycles. The average molecular weight is 319 g/mol. The third-order valence-electron chi connectivity index (χ3n) is 2.49. The van der Waals surface area contributed by atoms with Gasteiger partial charge in [0.15, 0.2) is 0 Å². The van der Waals surface area contributed by atoms with Gasteiger partial charge in [0.2, 0.25) is 0 Å². The zero-order chi connectivity index (χ0) is 14.9. The maximum Gasteiger partial charge on any atom is 0.344 e. The van der Waals surface area contributed by atoms with Crippen molar-refractivity contribution in [1.29, 1.82) is 0 Å². The summed E-state index contributed by atoms with van der Waals surface area (Å²) >= 11 is 0. The average Bonchev–Trinajstić information content (AvgIpc) is 2.44. The monoisotopic (exact) mass is 319 g/mol. The van der Waals surface area contributed by atoms with Crippen molar-refractivity contribution in [2.45, 2.75) is 6.42 Å². The highest BCUT2D eigenvalue weighted by Crippen LogP contribution is 2.51. The van der Waals surface area contributed by atoms with Crippen LogP contribution in [0.4, 0.5) is 0 Å². The van der Waals surface area contributed by atoms with Crippen molar-refractivity contribution in [3.05, 3.63) is 0 Å². The van der Waals surface area contributed by atoms with E-state index in [0.717, 1.165) is 0 Å². The van der Waals surface area contributed by atoms with Gasteiger partial charge in [-0.25, -0.2) is 0 Å². The normalized spacial score (nSPS) is 13.2. The fraction of sp³-hybridized carbons (Fsp3) is 1.00. The molecule has 0 rings (SSSR count). The number of hydrogen-bond donors (Lipinski definition) is 1. The van der Waals surface area contributed by atoms with Crippen molar-refractivity contribution in [3.8, 4) is 0 Å². The van der Waals surface area contributed by atoms with Gasteiger partial charge < -0.3 is 23.2 Å². The van der Waals surface area contributed by atoms with E-state index in [-0.39, 0.29) is 19.2 Å². The van der Waals surface area contributed by atoms with Crippen LogP contribution in [0.25, 0.3) is 0 Å². The maximum atomic E-state index is 12.1. The summed E-state index contributed by atoms with van der Waals surface area (Å²) < 4.78 is 43.5. The SMILES string of the molecule is COP(=O)(CN(CCCO)CP(=O)(OC)OC)OC. The van der Waals surface area contributed by atoms with Gasteiger partial charge in [0.05, 0.1) is 0 Å². The molecule has 0 aliphatic heterocycles. The minimum Gasteiger partial charge on any atom is -0.396 e. The Bertz CT molecular complexity index is 295. The first kappa shape index (κ1) is 19.2. The molecule has 0 aromatic heterocycles. The van der Waals surface area contributed by atoms with E-state index in [4.69, 9.17) is 23.2 Å². The largest absolute Gasteiger partial charge is 0.396 e. The van der Waals surface area contributed by atoms with E-state index in [2.05, 4.69) is 0 Å². The Morgan fingerprint density at radius 1 is 0.895 bits per heavy atom. The standard InChI is InChI=1S/C9H23NO7P2/c1-14-18(12,15-2)8-10(6-5-7-11)9-19(13,16-3)17-4/h11H,5-9H2,1-4H3. The van der Waals surface area contributed by atoms with E-state index >= 15 is 0 Å². The van der Waals surface area contributed by atoms with Gasteiger partial charge in [-0.15, -0.1) is 0 Å². The van der Waals surface area contributed by atoms with E-state index in [9.17, 15) is 9.13 Å². The predicted octanol–water partition coefficient (Wildman–Crippen LogP) is 1.56. The first-order valence-electron chi connectivity index (χ1n) is 5.63. The van der Waals surface area contributed by atoms with Crippen LogP contribution in [-0.4, -0.2) is 64.2 Å². The lowest BCUT2D eigenvalue weighted by atomic mass is 10.4. The molecule has 0 saturated heterocycles.